The molecule has 0 amide bonds. The summed E-state index contributed by atoms with van der Waals surface area (Å²) in [6, 6.07) is 1.55. The summed E-state index contributed by atoms with van der Waals surface area (Å²) < 4.78 is 0. The van der Waals surface area contributed by atoms with Crippen LogP contribution in [0.5, 0.6) is 0 Å². The Kier molecular flexibility index (Phi) is 3.16. The molecule has 1 N–H and O–H groups in total. The van der Waals surface area contributed by atoms with Crippen molar-refractivity contribution in [3.63, 3.8) is 0 Å². The highest BCUT2D eigenvalue weighted by molar-refractivity contribution is 4.87. The van der Waals surface area contributed by atoms with E-state index in [2.05, 4.69) is 26.1 Å². The standard InChI is InChI=1S/C13H25N/c1-9-4-7-13(11(9)3)14-10(2)8-12-5-6-12/h9-14H,4-8H2,1-3H3. The zero-order chi connectivity index (χ0) is 10.1. The molecule has 1 heteroatoms. The van der Waals surface area contributed by atoms with Crippen molar-refractivity contribution >= 4 is 0 Å². The molecule has 2 fully saturated rings. The minimum atomic E-state index is 0.750. The lowest BCUT2D eigenvalue weighted by molar-refractivity contribution is 0.332. The van der Waals surface area contributed by atoms with Crippen LogP contribution in [-0.2, 0) is 0 Å². The molecule has 0 heterocycles. The van der Waals surface area contributed by atoms with Gasteiger partial charge in [0.05, 0.1) is 0 Å². The van der Waals surface area contributed by atoms with Crippen LogP contribution >= 0.6 is 0 Å². The molecule has 0 spiro atoms. The average molecular weight is 195 g/mol. The molecule has 0 aromatic rings. The van der Waals surface area contributed by atoms with Crippen LogP contribution in [0.1, 0.15) is 52.9 Å². The molecule has 0 radical (unpaired) electrons. The summed E-state index contributed by atoms with van der Waals surface area (Å²) >= 11 is 0. The zero-order valence-corrected chi connectivity index (χ0v) is 9.92. The minimum Gasteiger partial charge on any atom is -0.311 e. The third kappa shape index (κ3) is 2.50. The Morgan fingerprint density at radius 3 is 2.36 bits per heavy atom. The molecule has 0 bridgehead atoms. The molecular weight excluding hydrogens is 170 g/mol. The van der Waals surface area contributed by atoms with E-state index >= 15 is 0 Å². The van der Waals surface area contributed by atoms with Crippen LogP contribution in [0.4, 0.5) is 0 Å². The third-order valence-corrected chi connectivity index (χ3v) is 4.35. The van der Waals surface area contributed by atoms with Crippen LogP contribution < -0.4 is 5.32 Å². The number of hydrogen-bond donors (Lipinski definition) is 1. The molecule has 0 aliphatic heterocycles. The van der Waals surface area contributed by atoms with E-state index in [4.69, 9.17) is 0 Å². The maximum absolute atomic E-state index is 3.83. The van der Waals surface area contributed by atoms with E-state index in [0.717, 1.165) is 29.8 Å². The molecule has 1 nitrogen and oxygen atoms in total. The first kappa shape index (κ1) is 10.5. The minimum absolute atomic E-state index is 0.750. The largest absolute Gasteiger partial charge is 0.311 e. The Bertz CT molecular complexity index is 186. The van der Waals surface area contributed by atoms with Crippen molar-refractivity contribution in [1.29, 1.82) is 0 Å². The lowest BCUT2D eigenvalue weighted by Gasteiger charge is -2.24. The normalized spacial score (nSPS) is 40.1. The fourth-order valence-corrected chi connectivity index (χ4v) is 2.89. The van der Waals surface area contributed by atoms with Crippen LogP contribution in [0.15, 0.2) is 0 Å². The van der Waals surface area contributed by atoms with Crippen LogP contribution in [-0.4, -0.2) is 12.1 Å². The summed E-state index contributed by atoms with van der Waals surface area (Å²) in [7, 11) is 0. The molecule has 14 heavy (non-hydrogen) atoms. The lowest BCUT2D eigenvalue weighted by Crippen LogP contribution is -2.39. The van der Waals surface area contributed by atoms with Crippen LogP contribution in [0.2, 0.25) is 0 Å². The predicted octanol–water partition coefficient (Wildman–Crippen LogP) is 3.20. The quantitative estimate of drug-likeness (QED) is 0.726. The van der Waals surface area contributed by atoms with Crippen molar-refractivity contribution in [2.45, 2.75) is 65.0 Å². The van der Waals surface area contributed by atoms with Gasteiger partial charge in [-0.25, -0.2) is 0 Å². The van der Waals surface area contributed by atoms with E-state index in [-0.39, 0.29) is 0 Å². The summed E-state index contributed by atoms with van der Waals surface area (Å²) in [6.07, 6.45) is 7.22. The monoisotopic (exact) mass is 195 g/mol. The molecule has 82 valence electrons. The fraction of sp³-hybridized carbons (Fsp3) is 1.00. The van der Waals surface area contributed by atoms with E-state index < -0.39 is 0 Å². The maximum atomic E-state index is 3.83. The van der Waals surface area contributed by atoms with Gasteiger partial charge >= 0.3 is 0 Å². The molecule has 2 aliphatic rings. The number of nitrogens with one attached hydrogen (secondary N) is 1. The van der Waals surface area contributed by atoms with Gasteiger partial charge in [0, 0.05) is 12.1 Å². The van der Waals surface area contributed by atoms with Gasteiger partial charge in [0.1, 0.15) is 0 Å². The molecule has 0 aromatic carbocycles. The summed E-state index contributed by atoms with van der Waals surface area (Å²) in [5.74, 6) is 2.88. The highest BCUT2D eigenvalue weighted by Crippen LogP contribution is 2.35. The first-order valence-corrected chi connectivity index (χ1v) is 6.43. The Morgan fingerprint density at radius 1 is 1.14 bits per heavy atom. The zero-order valence-electron chi connectivity index (χ0n) is 9.92. The highest BCUT2D eigenvalue weighted by atomic mass is 15.0. The van der Waals surface area contributed by atoms with Crippen molar-refractivity contribution in [2.75, 3.05) is 0 Å². The van der Waals surface area contributed by atoms with E-state index in [1.165, 1.54) is 32.1 Å². The van der Waals surface area contributed by atoms with Gasteiger partial charge in [0.2, 0.25) is 0 Å². The van der Waals surface area contributed by atoms with Crippen molar-refractivity contribution < 1.29 is 0 Å². The van der Waals surface area contributed by atoms with Crippen LogP contribution in [0.3, 0.4) is 0 Å². The van der Waals surface area contributed by atoms with Gasteiger partial charge in [-0.1, -0.05) is 26.7 Å². The smallest absolute Gasteiger partial charge is 0.00978 e. The van der Waals surface area contributed by atoms with Gasteiger partial charge in [-0.2, -0.15) is 0 Å². The molecule has 2 aliphatic carbocycles. The predicted molar refractivity (Wildman–Crippen MR) is 61.3 cm³/mol. The van der Waals surface area contributed by atoms with Gasteiger partial charge in [0.15, 0.2) is 0 Å². The highest BCUT2D eigenvalue weighted by Gasteiger charge is 2.31. The summed E-state index contributed by atoms with van der Waals surface area (Å²) in [5.41, 5.74) is 0. The lowest BCUT2D eigenvalue weighted by atomic mass is 9.97. The summed E-state index contributed by atoms with van der Waals surface area (Å²) in [6.45, 7) is 7.19. The molecule has 0 saturated heterocycles. The van der Waals surface area contributed by atoms with E-state index in [9.17, 15) is 0 Å². The maximum Gasteiger partial charge on any atom is 0.00978 e. The van der Waals surface area contributed by atoms with Crippen molar-refractivity contribution in [1.82, 2.24) is 5.32 Å². The summed E-state index contributed by atoms with van der Waals surface area (Å²) in [4.78, 5) is 0. The Hall–Kier alpha value is -0.0400. The first-order valence-electron chi connectivity index (χ1n) is 6.43. The second-order valence-corrected chi connectivity index (χ2v) is 5.77. The first-order chi connectivity index (χ1) is 6.66. The SMILES string of the molecule is CC(CC1CC1)NC1CCC(C)C1C. The second kappa shape index (κ2) is 4.22. The van der Waals surface area contributed by atoms with Gasteiger partial charge < -0.3 is 5.32 Å². The fourth-order valence-electron chi connectivity index (χ4n) is 2.89. The van der Waals surface area contributed by atoms with Crippen LogP contribution in [0, 0.1) is 17.8 Å². The van der Waals surface area contributed by atoms with Gasteiger partial charge in [-0.05, 0) is 43.9 Å². The molecule has 2 rings (SSSR count). The molecular formula is C13H25N. The number of rotatable bonds is 4. The van der Waals surface area contributed by atoms with Crippen LogP contribution in [0.25, 0.3) is 0 Å². The number of hydrogen-bond acceptors (Lipinski definition) is 1. The summed E-state index contributed by atoms with van der Waals surface area (Å²) in [5, 5.41) is 3.83. The Labute approximate surface area is 88.7 Å². The molecule has 4 atom stereocenters. The van der Waals surface area contributed by atoms with E-state index in [1.807, 2.05) is 0 Å². The topological polar surface area (TPSA) is 12.0 Å². The van der Waals surface area contributed by atoms with E-state index in [0.29, 0.717) is 0 Å². The van der Waals surface area contributed by atoms with Gasteiger partial charge in [0.25, 0.3) is 0 Å². The van der Waals surface area contributed by atoms with Gasteiger partial charge in [-0.3, -0.25) is 0 Å². The van der Waals surface area contributed by atoms with Gasteiger partial charge in [-0.15, -0.1) is 0 Å². The molecule has 0 aromatic heterocycles. The average Bonchev–Trinajstić information content (AvgIpc) is 2.89. The third-order valence-electron chi connectivity index (χ3n) is 4.35. The van der Waals surface area contributed by atoms with Crippen molar-refractivity contribution in [3.8, 4) is 0 Å². The second-order valence-electron chi connectivity index (χ2n) is 5.77. The van der Waals surface area contributed by atoms with E-state index in [1.54, 1.807) is 0 Å². The molecule has 4 unspecified atom stereocenters. The van der Waals surface area contributed by atoms with Crippen molar-refractivity contribution in [2.24, 2.45) is 17.8 Å². The Morgan fingerprint density at radius 2 is 1.86 bits per heavy atom. The van der Waals surface area contributed by atoms with Crippen molar-refractivity contribution in [3.05, 3.63) is 0 Å². The molecule has 2 saturated carbocycles. The Balaban J connectivity index is 1.73.